The zero-order valence-corrected chi connectivity index (χ0v) is 12.5. The lowest BCUT2D eigenvalue weighted by Gasteiger charge is -2.33. The van der Waals surface area contributed by atoms with Crippen LogP contribution in [0.3, 0.4) is 0 Å². The fourth-order valence-electron chi connectivity index (χ4n) is 1.48. The monoisotopic (exact) mass is 308 g/mol. The summed E-state index contributed by atoms with van der Waals surface area (Å²) in [5, 5.41) is 8.45. The third kappa shape index (κ3) is 6.39. The molecule has 2 atom stereocenters. The number of carbonyl (C=O) groups is 1. The van der Waals surface area contributed by atoms with Crippen LogP contribution in [0.5, 0.6) is 0 Å². The van der Waals surface area contributed by atoms with Gasteiger partial charge in [0.2, 0.25) is 0 Å². The fourth-order valence-corrected chi connectivity index (χ4v) is 2.50. The molecule has 0 saturated carbocycles. The van der Waals surface area contributed by atoms with E-state index < -0.39 is 21.1 Å². The smallest absolute Gasteiger partial charge is 0.306 e. The minimum atomic E-state index is -1.41. The van der Waals surface area contributed by atoms with Crippen LogP contribution in [0.25, 0.3) is 0 Å². The van der Waals surface area contributed by atoms with E-state index in [2.05, 4.69) is 0 Å². The van der Waals surface area contributed by atoms with E-state index in [1.807, 2.05) is 13.8 Å². The Bertz CT molecular complexity index is 248. The summed E-state index contributed by atoms with van der Waals surface area (Å²) in [6.45, 7) is 5.39. The zero-order valence-electron chi connectivity index (χ0n) is 9.44. The van der Waals surface area contributed by atoms with Gasteiger partial charge in [-0.05, 0) is 11.8 Å². The van der Waals surface area contributed by atoms with Gasteiger partial charge < -0.3 is 5.11 Å². The first-order valence-corrected chi connectivity index (χ1v) is 6.46. The summed E-state index contributed by atoms with van der Waals surface area (Å²) in [7, 11) is 0. The van der Waals surface area contributed by atoms with Gasteiger partial charge in [-0.2, -0.15) is 0 Å². The lowest BCUT2D eigenvalue weighted by Crippen LogP contribution is -2.32. The molecular weight excluding hydrogens is 294 g/mol. The minimum Gasteiger partial charge on any atom is -0.481 e. The van der Waals surface area contributed by atoms with Crippen molar-refractivity contribution in [1.29, 1.82) is 0 Å². The third-order valence-electron chi connectivity index (χ3n) is 2.51. The second-order valence-corrected chi connectivity index (χ2v) is 7.76. The molecule has 0 amide bonds. The normalized spacial score (nSPS) is 16.9. The fraction of sp³-hybridized carbons (Fsp3) is 0.900. The van der Waals surface area contributed by atoms with Gasteiger partial charge in [-0.25, -0.2) is 0 Å². The Labute approximate surface area is 116 Å². The number of hydrogen-bond acceptors (Lipinski definition) is 1. The highest BCUT2D eigenvalue weighted by atomic mass is 35.6. The number of rotatable bonds is 5. The van der Waals surface area contributed by atoms with Gasteiger partial charge in [0.05, 0.1) is 5.92 Å². The molecule has 0 aliphatic heterocycles. The Hall–Kier alpha value is 0.630. The molecule has 0 fully saturated rings. The topological polar surface area (TPSA) is 37.3 Å². The Morgan fingerprint density at radius 1 is 1.25 bits per heavy atom. The van der Waals surface area contributed by atoms with Gasteiger partial charge in [-0.15, -0.1) is 11.6 Å². The van der Waals surface area contributed by atoms with Crippen molar-refractivity contribution in [3.05, 3.63) is 0 Å². The molecule has 0 saturated heterocycles. The van der Waals surface area contributed by atoms with Crippen molar-refractivity contribution in [3.63, 3.8) is 0 Å². The van der Waals surface area contributed by atoms with E-state index in [1.54, 1.807) is 6.92 Å². The average Bonchev–Trinajstić information content (AvgIpc) is 1.99. The summed E-state index contributed by atoms with van der Waals surface area (Å²) in [5.74, 6) is -1.31. The van der Waals surface area contributed by atoms with Crippen molar-refractivity contribution in [2.75, 3.05) is 0 Å². The highest BCUT2D eigenvalue weighted by molar-refractivity contribution is 6.67. The summed E-state index contributed by atoms with van der Waals surface area (Å²) < 4.78 is -1.41. The SMILES string of the molecule is CC(CC(C)(C)C(Cl)CC(Cl)(Cl)Cl)C(=O)O. The van der Waals surface area contributed by atoms with Crippen LogP contribution in [0.4, 0.5) is 0 Å². The second-order valence-electron chi connectivity index (χ2n) is 4.72. The van der Waals surface area contributed by atoms with Crippen molar-refractivity contribution in [2.45, 2.75) is 42.8 Å². The number of aliphatic carboxylic acids is 1. The molecule has 1 N–H and O–H groups in total. The summed E-state index contributed by atoms with van der Waals surface area (Å²) >= 11 is 23.1. The van der Waals surface area contributed by atoms with Crippen LogP contribution in [0.1, 0.15) is 33.6 Å². The highest BCUT2D eigenvalue weighted by Crippen LogP contribution is 2.41. The largest absolute Gasteiger partial charge is 0.481 e. The van der Waals surface area contributed by atoms with Gasteiger partial charge in [0.25, 0.3) is 0 Å². The van der Waals surface area contributed by atoms with Gasteiger partial charge >= 0.3 is 5.97 Å². The number of halogens is 4. The molecule has 0 radical (unpaired) electrons. The summed E-state index contributed by atoms with van der Waals surface area (Å²) in [6.07, 6.45) is 0.635. The predicted molar refractivity (Wildman–Crippen MR) is 69.7 cm³/mol. The first-order valence-electron chi connectivity index (χ1n) is 4.89. The van der Waals surface area contributed by atoms with Gasteiger partial charge in [-0.1, -0.05) is 55.6 Å². The van der Waals surface area contributed by atoms with Crippen LogP contribution in [-0.4, -0.2) is 20.2 Å². The molecule has 2 nitrogen and oxygen atoms in total. The summed E-state index contributed by atoms with van der Waals surface area (Å²) in [4.78, 5) is 10.8. The standard InChI is InChI=1S/C10H16Cl4O2/c1-6(8(15)16)4-9(2,3)7(11)5-10(12,13)14/h6-7H,4-5H2,1-3H3,(H,15,16). The highest BCUT2D eigenvalue weighted by Gasteiger charge is 2.36. The Kier molecular flexibility index (Phi) is 6.23. The molecule has 0 bridgehead atoms. The first-order chi connectivity index (χ1) is 6.96. The molecule has 0 aliphatic rings. The maximum Gasteiger partial charge on any atom is 0.306 e. The third-order valence-corrected chi connectivity index (χ3v) is 3.72. The predicted octanol–water partition coefficient (Wildman–Crippen LogP) is 4.49. The van der Waals surface area contributed by atoms with Gasteiger partial charge in [0, 0.05) is 11.8 Å². The Balaban J connectivity index is 4.47. The molecule has 16 heavy (non-hydrogen) atoms. The van der Waals surface area contributed by atoms with Crippen LogP contribution < -0.4 is 0 Å². The van der Waals surface area contributed by atoms with Crippen molar-refractivity contribution < 1.29 is 9.90 Å². The van der Waals surface area contributed by atoms with E-state index in [4.69, 9.17) is 51.5 Å². The minimum absolute atomic E-state index is 0.193. The van der Waals surface area contributed by atoms with E-state index in [1.165, 1.54) is 0 Å². The van der Waals surface area contributed by atoms with E-state index >= 15 is 0 Å². The second kappa shape index (κ2) is 5.99. The maximum atomic E-state index is 10.8. The molecule has 0 rings (SSSR count). The molecule has 0 spiro atoms. The quantitative estimate of drug-likeness (QED) is 0.760. The lowest BCUT2D eigenvalue weighted by molar-refractivity contribution is -0.142. The van der Waals surface area contributed by atoms with E-state index in [0.29, 0.717) is 6.42 Å². The summed E-state index contributed by atoms with van der Waals surface area (Å²) in [6, 6.07) is 0. The Morgan fingerprint density at radius 2 is 1.69 bits per heavy atom. The number of carboxylic acids is 1. The maximum absolute atomic E-state index is 10.8. The van der Waals surface area contributed by atoms with Crippen molar-refractivity contribution in [2.24, 2.45) is 11.3 Å². The molecule has 2 unspecified atom stereocenters. The Morgan fingerprint density at radius 3 is 2.00 bits per heavy atom. The molecule has 0 aromatic carbocycles. The molecule has 96 valence electrons. The van der Waals surface area contributed by atoms with Crippen LogP contribution in [-0.2, 0) is 4.79 Å². The zero-order chi connectivity index (χ0) is 13.1. The molecule has 0 aromatic heterocycles. The van der Waals surface area contributed by atoms with Crippen LogP contribution in [0.2, 0.25) is 0 Å². The van der Waals surface area contributed by atoms with E-state index in [-0.39, 0.29) is 11.8 Å². The molecule has 6 heteroatoms. The van der Waals surface area contributed by atoms with Crippen LogP contribution in [0.15, 0.2) is 0 Å². The van der Waals surface area contributed by atoms with E-state index in [0.717, 1.165) is 0 Å². The molecule has 0 aliphatic carbocycles. The number of alkyl halides is 4. The van der Waals surface area contributed by atoms with Gasteiger partial charge in [0.15, 0.2) is 3.79 Å². The van der Waals surface area contributed by atoms with Crippen LogP contribution >= 0.6 is 46.4 Å². The number of hydrogen-bond donors (Lipinski definition) is 1. The summed E-state index contributed by atoms with van der Waals surface area (Å²) in [5.41, 5.74) is -0.400. The van der Waals surface area contributed by atoms with Crippen LogP contribution in [0, 0.1) is 11.3 Å². The lowest BCUT2D eigenvalue weighted by atomic mass is 9.79. The van der Waals surface area contributed by atoms with E-state index in [9.17, 15) is 4.79 Å². The van der Waals surface area contributed by atoms with Crippen molar-refractivity contribution in [3.8, 4) is 0 Å². The van der Waals surface area contributed by atoms with Crippen molar-refractivity contribution in [1.82, 2.24) is 0 Å². The molecule has 0 heterocycles. The number of carboxylic acid groups (broad SMARTS) is 1. The average molecular weight is 310 g/mol. The van der Waals surface area contributed by atoms with Gasteiger partial charge in [-0.3, -0.25) is 4.79 Å². The molecule has 0 aromatic rings. The first kappa shape index (κ1) is 16.6. The van der Waals surface area contributed by atoms with Crippen molar-refractivity contribution >= 4 is 52.4 Å². The van der Waals surface area contributed by atoms with Gasteiger partial charge in [0.1, 0.15) is 0 Å². The molecular formula is C10H16Cl4O2.